The van der Waals surface area contributed by atoms with Gasteiger partial charge in [-0.3, -0.25) is 0 Å². The molecule has 0 heterocycles. The number of benzene rings is 2. The normalized spacial score (nSPS) is 34.3. The van der Waals surface area contributed by atoms with Gasteiger partial charge in [0.25, 0.3) is 0 Å². The first-order valence-electron chi connectivity index (χ1n) is 11.1. The van der Waals surface area contributed by atoms with Crippen molar-refractivity contribution in [2.45, 2.75) is 71.1 Å². The molecule has 4 fully saturated rings. The summed E-state index contributed by atoms with van der Waals surface area (Å²) in [5.41, 5.74) is 3.76. The molecule has 2 unspecified atom stereocenters. The van der Waals surface area contributed by atoms with Gasteiger partial charge in [-0.1, -0.05) is 55.2 Å². The van der Waals surface area contributed by atoms with Crippen LogP contribution in [0.4, 0.5) is 0 Å². The molecule has 4 aliphatic carbocycles. The summed E-state index contributed by atoms with van der Waals surface area (Å²) in [5, 5.41) is 5.15. The molecule has 4 atom stereocenters. The van der Waals surface area contributed by atoms with Gasteiger partial charge in [-0.2, -0.15) is 0 Å². The Balaban J connectivity index is 1.19. The number of ether oxygens (including phenoxy) is 1. The number of hydrogen-bond acceptors (Lipinski definition) is 2. The molecule has 2 nitrogen and oxygen atoms in total. The van der Waals surface area contributed by atoms with Crippen LogP contribution in [0.3, 0.4) is 0 Å². The Morgan fingerprint density at radius 2 is 1.53 bits per heavy atom. The second-order valence-corrected chi connectivity index (χ2v) is 11.8. The van der Waals surface area contributed by atoms with E-state index in [4.69, 9.17) is 27.9 Å². The van der Waals surface area contributed by atoms with Crippen molar-refractivity contribution >= 4 is 23.2 Å². The van der Waals surface area contributed by atoms with Gasteiger partial charge in [-0.15, -0.1) is 0 Å². The lowest BCUT2D eigenvalue weighted by Gasteiger charge is -2.65. The smallest absolute Gasteiger partial charge is 0.119 e. The minimum Gasteiger partial charge on any atom is -0.489 e. The zero-order chi connectivity index (χ0) is 21.0. The molecule has 0 amide bonds. The standard InChI is InChI=1S/C26H31Cl2NO/c1-24-10-20-11-25(2,15-24)17-26(12-20,16-24)29-13-18-3-6-21(7-4-18)30-14-19-5-8-22(27)23(28)9-19/h3-9,20,29H,10-17H2,1-2H3/t20?,24-,25+,26?. The predicted molar refractivity (Wildman–Crippen MR) is 124 cm³/mol. The Labute approximate surface area is 190 Å². The van der Waals surface area contributed by atoms with Crippen LogP contribution in [0.1, 0.15) is 63.5 Å². The number of nitrogens with one attached hydrogen (secondary N) is 1. The molecule has 30 heavy (non-hydrogen) atoms. The van der Waals surface area contributed by atoms with Crippen molar-refractivity contribution in [1.82, 2.24) is 5.32 Å². The van der Waals surface area contributed by atoms with E-state index in [-0.39, 0.29) is 0 Å². The van der Waals surface area contributed by atoms with Crippen molar-refractivity contribution in [3.05, 3.63) is 63.6 Å². The summed E-state index contributed by atoms with van der Waals surface area (Å²) in [4.78, 5) is 0. The van der Waals surface area contributed by atoms with Crippen molar-refractivity contribution in [3.63, 3.8) is 0 Å². The van der Waals surface area contributed by atoms with E-state index in [9.17, 15) is 0 Å². The molecule has 4 aliphatic rings. The van der Waals surface area contributed by atoms with E-state index in [2.05, 4.69) is 43.4 Å². The van der Waals surface area contributed by atoms with Crippen LogP contribution in [-0.2, 0) is 13.2 Å². The molecule has 4 bridgehead atoms. The van der Waals surface area contributed by atoms with Gasteiger partial charge >= 0.3 is 0 Å². The highest BCUT2D eigenvalue weighted by atomic mass is 35.5. The van der Waals surface area contributed by atoms with Gasteiger partial charge < -0.3 is 10.1 Å². The molecule has 1 N–H and O–H groups in total. The fourth-order valence-electron chi connectivity index (χ4n) is 7.43. The number of hydrogen-bond donors (Lipinski definition) is 1. The second kappa shape index (κ2) is 7.43. The van der Waals surface area contributed by atoms with Crippen molar-refractivity contribution in [1.29, 1.82) is 0 Å². The second-order valence-electron chi connectivity index (χ2n) is 10.9. The van der Waals surface area contributed by atoms with E-state index in [1.165, 1.54) is 44.1 Å². The largest absolute Gasteiger partial charge is 0.489 e. The topological polar surface area (TPSA) is 21.3 Å². The lowest BCUT2D eigenvalue weighted by molar-refractivity contribution is -0.118. The third-order valence-corrected chi connectivity index (χ3v) is 8.35. The van der Waals surface area contributed by atoms with E-state index >= 15 is 0 Å². The van der Waals surface area contributed by atoms with Crippen molar-refractivity contribution in [2.75, 3.05) is 0 Å². The van der Waals surface area contributed by atoms with Gasteiger partial charge in [-0.25, -0.2) is 0 Å². The molecule has 0 spiro atoms. The summed E-state index contributed by atoms with van der Waals surface area (Å²) in [7, 11) is 0. The average Bonchev–Trinajstić information content (AvgIpc) is 2.65. The molecular formula is C26H31Cl2NO. The zero-order valence-corrected chi connectivity index (χ0v) is 19.5. The third-order valence-electron chi connectivity index (χ3n) is 7.61. The third kappa shape index (κ3) is 4.11. The molecule has 0 aliphatic heterocycles. The van der Waals surface area contributed by atoms with Crippen LogP contribution >= 0.6 is 23.2 Å². The number of rotatable bonds is 6. The fourth-order valence-corrected chi connectivity index (χ4v) is 7.75. The summed E-state index contributed by atoms with van der Waals surface area (Å²) in [6.07, 6.45) is 8.36. The minimum absolute atomic E-state index is 0.339. The lowest BCUT2D eigenvalue weighted by Crippen LogP contribution is -2.63. The monoisotopic (exact) mass is 443 g/mol. The van der Waals surface area contributed by atoms with Crippen molar-refractivity contribution in [2.24, 2.45) is 16.7 Å². The molecule has 160 valence electrons. The number of halogens is 2. The van der Waals surface area contributed by atoms with Gasteiger partial charge in [-0.05, 0) is 90.7 Å². The quantitative estimate of drug-likeness (QED) is 0.501. The molecular weight excluding hydrogens is 413 g/mol. The highest BCUT2D eigenvalue weighted by molar-refractivity contribution is 6.42. The highest BCUT2D eigenvalue weighted by Gasteiger charge is 2.59. The first-order valence-corrected chi connectivity index (χ1v) is 11.9. The maximum atomic E-state index is 6.09. The fraction of sp³-hybridized carbons (Fsp3) is 0.538. The van der Waals surface area contributed by atoms with E-state index in [1.807, 2.05) is 18.2 Å². The van der Waals surface area contributed by atoms with Crippen LogP contribution in [0, 0.1) is 16.7 Å². The van der Waals surface area contributed by atoms with Gasteiger partial charge in [0.2, 0.25) is 0 Å². The SMILES string of the molecule is C[C@]12CC3CC(NCc4ccc(OCc5ccc(Cl)c(Cl)c5)cc4)(C1)C[C@@](C)(C3)C2. The summed E-state index contributed by atoms with van der Waals surface area (Å²) in [6.45, 7) is 6.49. The summed E-state index contributed by atoms with van der Waals surface area (Å²) in [6, 6.07) is 14.1. The van der Waals surface area contributed by atoms with Crippen LogP contribution in [0.5, 0.6) is 5.75 Å². The Hall–Kier alpha value is -1.22. The molecule has 0 radical (unpaired) electrons. The summed E-state index contributed by atoms with van der Waals surface area (Å²) in [5.74, 6) is 1.79. The van der Waals surface area contributed by atoms with Gasteiger partial charge in [0.05, 0.1) is 10.0 Å². The van der Waals surface area contributed by atoms with E-state index in [1.54, 1.807) is 0 Å². The molecule has 4 heteroatoms. The highest BCUT2D eigenvalue weighted by Crippen LogP contribution is 2.66. The first-order chi connectivity index (χ1) is 14.2. The predicted octanol–water partition coefficient (Wildman–Crippen LogP) is 7.41. The van der Waals surface area contributed by atoms with Crippen LogP contribution < -0.4 is 10.1 Å². The molecule has 0 saturated heterocycles. The van der Waals surface area contributed by atoms with Crippen LogP contribution in [0.15, 0.2) is 42.5 Å². The molecule has 2 aromatic rings. The van der Waals surface area contributed by atoms with Gasteiger partial charge in [0, 0.05) is 12.1 Å². The Bertz CT molecular complexity index is 923. The maximum absolute atomic E-state index is 6.09. The maximum Gasteiger partial charge on any atom is 0.119 e. The Kier molecular flexibility index (Phi) is 5.12. The minimum atomic E-state index is 0.339. The average molecular weight is 444 g/mol. The van der Waals surface area contributed by atoms with Gasteiger partial charge in [0.1, 0.15) is 12.4 Å². The van der Waals surface area contributed by atoms with Crippen molar-refractivity contribution < 1.29 is 4.74 Å². The van der Waals surface area contributed by atoms with Crippen LogP contribution in [0.25, 0.3) is 0 Å². The summed E-state index contributed by atoms with van der Waals surface area (Å²) < 4.78 is 5.92. The van der Waals surface area contributed by atoms with Gasteiger partial charge in [0.15, 0.2) is 0 Å². The summed E-state index contributed by atoms with van der Waals surface area (Å²) >= 11 is 12.1. The Morgan fingerprint density at radius 1 is 0.867 bits per heavy atom. The van der Waals surface area contributed by atoms with E-state index in [0.29, 0.717) is 33.0 Å². The molecule has 2 aromatic carbocycles. The zero-order valence-electron chi connectivity index (χ0n) is 17.9. The molecule has 0 aromatic heterocycles. The first kappa shape index (κ1) is 20.7. The lowest BCUT2D eigenvalue weighted by atomic mass is 9.43. The van der Waals surface area contributed by atoms with E-state index in [0.717, 1.165) is 23.8 Å². The van der Waals surface area contributed by atoms with Crippen molar-refractivity contribution in [3.8, 4) is 5.75 Å². The Morgan fingerprint density at radius 3 is 2.17 bits per heavy atom. The molecule has 4 saturated carbocycles. The van der Waals surface area contributed by atoms with Crippen LogP contribution in [-0.4, -0.2) is 5.54 Å². The molecule has 6 rings (SSSR count). The van der Waals surface area contributed by atoms with Crippen LogP contribution in [0.2, 0.25) is 10.0 Å². The van der Waals surface area contributed by atoms with E-state index < -0.39 is 0 Å².